The molecule has 0 fully saturated rings. The van der Waals surface area contributed by atoms with Crippen molar-refractivity contribution >= 4 is 34.5 Å². The van der Waals surface area contributed by atoms with Crippen LogP contribution in [0, 0.1) is 5.92 Å². The van der Waals surface area contributed by atoms with Crippen molar-refractivity contribution in [2.24, 2.45) is 5.92 Å². The number of carbonyl (C=O) groups is 2. The second-order valence-electron chi connectivity index (χ2n) is 4.64. The topological polar surface area (TPSA) is 63.6 Å². The zero-order chi connectivity index (χ0) is 15.2. The van der Waals surface area contributed by atoms with E-state index in [4.69, 9.17) is 5.11 Å². The van der Waals surface area contributed by atoms with E-state index in [9.17, 15) is 9.59 Å². The first-order valence-corrected chi connectivity index (χ1v) is 7.50. The van der Waals surface area contributed by atoms with Crippen LogP contribution in [0.25, 0.3) is 10.8 Å². The molecule has 0 unspecified atom stereocenters. The zero-order valence-corrected chi connectivity index (χ0v) is 12.4. The van der Waals surface area contributed by atoms with Crippen LogP contribution >= 0.6 is 11.8 Å². The van der Waals surface area contributed by atoms with Crippen LogP contribution in [-0.4, -0.2) is 29.9 Å². The largest absolute Gasteiger partial charge is 0.481 e. The van der Waals surface area contributed by atoms with Gasteiger partial charge in [-0.25, -0.2) is 0 Å². The SMILES string of the molecule is COC(=O)C[C@H](CSc1ccc2ccccc2c1)C(=O)O. The van der Waals surface area contributed by atoms with Gasteiger partial charge in [0.25, 0.3) is 0 Å². The number of esters is 1. The fourth-order valence-electron chi connectivity index (χ4n) is 1.96. The van der Waals surface area contributed by atoms with Gasteiger partial charge >= 0.3 is 11.9 Å². The van der Waals surface area contributed by atoms with Gasteiger partial charge in [0, 0.05) is 10.6 Å². The fraction of sp³-hybridized carbons (Fsp3) is 0.250. The van der Waals surface area contributed by atoms with Gasteiger partial charge in [0.1, 0.15) is 0 Å². The first-order chi connectivity index (χ1) is 10.1. The number of aliphatic carboxylic acids is 1. The zero-order valence-electron chi connectivity index (χ0n) is 11.6. The Labute approximate surface area is 127 Å². The molecule has 0 spiro atoms. The number of methoxy groups -OCH3 is 1. The van der Waals surface area contributed by atoms with Crippen LogP contribution in [0.3, 0.4) is 0 Å². The minimum atomic E-state index is -0.978. The van der Waals surface area contributed by atoms with Crippen molar-refractivity contribution in [3.63, 3.8) is 0 Å². The summed E-state index contributed by atoms with van der Waals surface area (Å²) in [6.45, 7) is 0. The van der Waals surface area contributed by atoms with E-state index in [-0.39, 0.29) is 6.42 Å². The Hall–Kier alpha value is -2.01. The lowest BCUT2D eigenvalue weighted by Crippen LogP contribution is -2.20. The molecule has 0 aliphatic rings. The quantitative estimate of drug-likeness (QED) is 0.656. The van der Waals surface area contributed by atoms with E-state index < -0.39 is 17.9 Å². The number of carboxylic acid groups (broad SMARTS) is 1. The number of rotatable bonds is 6. The summed E-state index contributed by atoms with van der Waals surface area (Å²) in [6.07, 6.45) is -0.105. The van der Waals surface area contributed by atoms with Gasteiger partial charge < -0.3 is 9.84 Å². The van der Waals surface area contributed by atoms with Gasteiger partial charge in [-0.3, -0.25) is 9.59 Å². The number of hydrogen-bond donors (Lipinski definition) is 1. The number of hydrogen-bond acceptors (Lipinski definition) is 4. The highest BCUT2D eigenvalue weighted by Crippen LogP contribution is 2.26. The minimum absolute atomic E-state index is 0.105. The molecule has 0 amide bonds. The third-order valence-corrected chi connectivity index (χ3v) is 4.32. The monoisotopic (exact) mass is 304 g/mol. The average molecular weight is 304 g/mol. The Morgan fingerprint density at radius 1 is 1.19 bits per heavy atom. The van der Waals surface area contributed by atoms with Gasteiger partial charge in [-0.2, -0.15) is 0 Å². The second-order valence-corrected chi connectivity index (χ2v) is 5.73. The van der Waals surface area contributed by atoms with Crippen LogP contribution in [-0.2, 0) is 14.3 Å². The first kappa shape index (κ1) is 15.4. The molecule has 2 aromatic rings. The normalized spacial score (nSPS) is 12.0. The lowest BCUT2D eigenvalue weighted by atomic mass is 10.1. The highest BCUT2D eigenvalue weighted by atomic mass is 32.2. The summed E-state index contributed by atoms with van der Waals surface area (Å²) in [5.41, 5.74) is 0. The Kier molecular flexibility index (Phi) is 5.22. The number of carbonyl (C=O) groups excluding carboxylic acids is 1. The number of carboxylic acids is 1. The highest BCUT2D eigenvalue weighted by molar-refractivity contribution is 7.99. The van der Waals surface area contributed by atoms with Crippen molar-refractivity contribution in [1.82, 2.24) is 0 Å². The van der Waals surface area contributed by atoms with Gasteiger partial charge in [-0.05, 0) is 22.9 Å². The van der Waals surface area contributed by atoms with Gasteiger partial charge in [-0.1, -0.05) is 30.3 Å². The average Bonchev–Trinajstić information content (AvgIpc) is 2.50. The van der Waals surface area contributed by atoms with Gasteiger partial charge in [0.15, 0.2) is 0 Å². The summed E-state index contributed by atoms with van der Waals surface area (Å²) >= 11 is 1.44. The van der Waals surface area contributed by atoms with Crippen molar-refractivity contribution in [1.29, 1.82) is 0 Å². The molecule has 0 bridgehead atoms. The van der Waals surface area contributed by atoms with E-state index in [1.807, 2.05) is 42.5 Å². The van der Waals surface area contributed by atoms with Crippen LogP contribution in [0.5, 0.6) is 0 Å². The maximum Gasteiger partial charge on any atom is 0.307 e. The summed E-state index contributed by atoms with van der Waals surface area (Å²) in [5, 5.41) is 11.4. The molecule has 0 aliphatic heterocycles. The molecule has 0 saturated heterocycles. The Bertz CT molecular complexity index is 654. The predicted octanol–water partition coefficient (Wildman–Crippen LogP) is 3.20. The molecule has 1 N–H and O–H groups in total. The summed E-state index contributed by atoms with van der Waals surface area (Å²) in [7, 11) is 1.26. The smallest absolute Gasteiger partial charge is 0.307 e. The van der Waals surface area contributed by atoms with E-state index in [0.29, 0.717) is 5.75 Å². The third kappa shape index (κ3) is 4.23. The number of fused-ring (bicyclic) bond motifs is 1. The summed E-state index contributed by atoms with van der Waals surface area (Å²) in [6, 6.07) is 14.0. The van der Waals surface area contributed by atoms with Crippen molar-refractivity contribution < 1.29 is 19.4 Å². The lowest BCUT2D eigenvalue weighted by molar-refractivity contribution is -0.149. The van der Waals surface area contributed by atoms with E-state index in [0.717, 1.165) is 15.7 Å². The molecular formula is C16H16O4S. The van der Waals surface area contributed by atoms with Crippen molar-refractivity contribution in [3.8, 4) is 0 Å². The van der Waals surface area contributed by atoms with E-state index in [2.05, 4.69) is 4.74 Å². The summed E-state index contributed by atoms with van der Waals surface area (Å²) in [5.74, 6) is -1.88. The summed E-state index contributed by atoms with van der Waals surface area (Å²) < 4.78 is 4.53. The maximum atomic E-state index is 11.2. The molecule has 0 radical (unpaired) electrons. The summed E-state index contributed by atoms with van der Waals surface area (Å²) in [4.78, 5) is 23.4. The molecule has 2 aromatic carbocycles. The second kappa shape index (κ2) is 7.13. The Balaban J connectivity index is 2.04. The fourth-order valence-corrected chi connectivity index (χ4v) is 2.98. The molecule has 0 heterocycles. The van der Waals surface area contributed by atoms with Crippen LogP contribution in [0.4, 0.5) is 0 Å². The standard InChI is InChI=1S/C16H16O4S/c1-20-15(17)9-13(16(18)19)10-21-14-7-6-11-4-2-3-5-12(11)8-14/h2-8,13H,9-10H2,1H3,(H,18,19)/t13-/m1/s1. The van der Waals surface area contributed by atoms with Crippen LogP contribution < -0.4 is 0 Å². The van der Waals surface area contributed by atoms with Crippen LogP contribution in [0.2, 0.25) is 0 Å². The van der Waals surface area contributed by atoms with E-state index in [1.165, 1.54) is 18.9 Å². The van der Waals surface area contributed by atoms with Gasteiger partial charge in [0.2, 0.25) is 0 Å². The minimum Gasteiger partial charge on any atom is -0.481 e. The molecule has 0 saturated carbocycles. The molecule has 21 heavy (non-hydrogen) atoms. The molecule has 4 nitrogen and oxygen atoms in total. The van der Waals surface area contributed by atoms with Crippen molar-refractivity contribution in [2.75, 3.05) is 12.9 Å². The van der Waals surface area contributed by atoms with Crippen LogP contribution in [0.15, 0.2) is 47.4 Å². The van der Waals surface area contributed by atoms with Gasteiger partial charge in [0.05, 0.1) is 19.4 Å². The van der Waals surface area contributed by atoms with E-state index in [1.54, 1.807) is 0 Å². The number of thioether (sulfide) groups is 1. The lowest BCUT2D eigenvalue weighted by Gasteiger charge is -2.11. The molecule has 1 atom stereocenters. The maximum absolute atomic E-state index is 11.2. The molecule has 110 valence electrons. The van der Waals surface area contributed by atoms with Gasteiger partial charge in [-0.15, -0.1) is 11.8 Å². The van der Waals surface area contributed by atoms with Crippen molar-refractivity contribution in [3.05, 3.63) is 42.5 Å². The third-order valence-electron chi connectivity index (χ3n) is 3.16. The first-order valence-electron chi connectivity index (χ1n) is 6.51. The molecule has 0 aliphatic carbocycles. The molecular weight excluding hydrogens is 288 g/mol. The number of benzene rings is 2. The predicted molar refractivity (Wildman–Crippen MR) is 82.4 cm³/mol. The highest BCUT2D eigenvalue weighted by Gasteiger charge is 2.21. The molecule has 0 aromatic heterocycles. The van der Waals surface area contributed by atoms with Crippen molar-refractivity contribution in [2.45, 2.75) is 11.3 Å². The Morgan fingerprint density at radius 3 is 2.57 bits per heavy atom. The van der Waals surface area contributed by atoms with E-state index >= 15 is 0 Å². The van der Waals surface area contributed by atoms with Crippen LogP contribution in [0.1, 0.15) is 6.42 Å². The number of ether oxygens (including phenoxy) is 1. The Morgan fingerprint density at radius 2 is 1.90 bits per heavy atom. The molecule has 2 rings (SSSR count). The molecule has 5 heteroatoms.